The molecule has 0 bridgehead atoms. The lowest BCUT2D eigenvalue weighted by molar-refractivity contribution is 0.0764. The molecule has 22 heavy (non-hydrogen) atoms. The summed E-state index contributed by atoms with van der Waals surface area (Å²) in [5.41, 5.74) is 0.873. The number of hydrogen-bond donors (Lipinski definition) is 1. The summed E-state index contributed by atoms with van der Waals surface area (Å²) in [5, 5.41) is 10.6. The summed E-state index contributed by atoms with van der Waals surface area (Å²) in [6.07, 6.45) is 1.33. The zero-order chi connectivity index (χ0) is 16.0. The molecule has 1 saturated carbocycles. The monoisotopic (exact) mass is 321 g/mol. The molecular formula is C17H20ClNO3. The van der Waals surface area contributed by atoms with E-state index in [1.807, 2.05) is 24.3 Å². The van der Waals surface area contributed by atoms with Crippen molar-refractivity contribution in [2.24, 2.45) is 5.41 Å². The van der Waals surface area contributed by atoms with E-state index in [4.69, 9.17) is 16.3 Å². The molecule has 1 aromatic rings. The van der Waals surface area contributed by atoms with Crippen molar-refractivity contribution < 1.29 is 14.6 Å². The Morgan fingerprint density at radius 2 is 2.14 bits per heavy atom. The number of carbonyl (C=O) groups excluding carboxylic acids is 1. The average molecular weight is 322 g/mol. The van der Waals surface area contributed by atoms with Crippen molar-refractivity contribution in [3.05, 3.63) is 47.2 Å². The topological polar surface area (TPSA) is 49.8 Å². The summed E-state index contributed by atoms with van der Waals surface area (Å²) in [6, 6.07) is 7.82. The van der Waals surface area contributed by atoms with Crippen molar-refractivity contribution in [2.45, 2.75) is 25.2 Å². The minimum absolute atomic E-state index is 0.0493. The van der Waals surface area contributed by atoms with Crippen LogP contribution in [0.5, 0.6) is 0 Å². The van der Waals surface area contributed by atoms with E-state index in [-0.39, 0.29) is 23.5 Å². The number of ether oxygens (including phenoxy) is 1. The predicted molar refractivity (Wildman–Crippen MR) is 84.8 cm³/mol. The lowest BCUT2D eigenvalue weighted by Crippen LogP contribution is -2.46. The lowest BCUT2D eigenvalue weighted by Gasteiger charge is -2.36. The van der Waals surface area contributed by atoms with Crippen molar-refractivity contribution in [2.75, 3.05) is 19.7 Å². The Morgan fingerprint density at radius 1 is 1.45 bits per heavy atom. The molecule has 0 spiro atoms. The molecule has 1 aromatic carbocycles. The van der Waals surface area contributed by atoms with Gasteiger partial charge >= 0.3 is 6.09 Å². The number of fused-ring (bicyclic) bond motifs is 1. The zero-order valence-corrected chi connectivity index (χ0v) is 13.4. The van der Waals surface area contributed by atoms with Crippen LogP contribution in [0.1, 0.15) is 25.3 Å². The van der Waals surface area contributed by atoms with Crippen molar-refractivity contribution >= 4 is 17.7 Å². The summed E-state index contributed by atoms with van der Waals surface area (Å²) >= 11 is 5.96. The number of rotatable bonds is 3. The molecule has 1 aliphatic heterocycles. The van der Waals surface area contributed by atoms with Crippen LogP contribution in [0.15, 0.2) is 36.6 Å². The lowest BCUT2D eigenvalue weighted by atomic mass is 9.81. The van der Waals surface area contributed by atoms with Crippen LogP contribution in [0.4, 0.5) is 4.79 Å². The van der Waals surface area contributed by atoms with Gasteiger partial charge in [-0.2, -0.15) is 0 Å². The zero-order valence-electron chi connectivity index (χ0n) is 12.6. The van der Waals surface area contributed by atoms with Crippen LogP contribution in [-0.2, 0) is 10.2 Å². The van der Waals surface area contributed by atoms with E-state index in [1.165, 1.54) is 5.56 Å². The molecule has 1 aliphatic carbocycles. The SMILES string of the molecule is C=C(C)OC(=O)N1CCC2(c3ccc(Cl)cc3)CC2(CO)C1. The van der Waals surface area contributed by atoms with E-state index in [0.717, 1.165) is 12.8 Å². The second kappa shape index (κ2) is 5.28. The van der Waals surface area contributed by atoms with Gasteiger partial charge in [0.25, 0.3) is 0 Å². The minimum Gasteiger partial charge on any atom is -0.416 e. The number of piperidine rings is 1. The first-order valence-corrected chi connectivity index (χ1v) is 7.79. The number of amides is 1. The predicted octanol–water partition coefficient (Wildman–Crippen LogP) is 3.34. The van der Waals surface area contributed by atoms with Gasteiger partial charge in [-0.1, -0.05) is 30.3 Å². The summed E-state index contributed by atoms with van der Waals surface area (Å²) in [6.45, 7) is 6.44. The van der Waals surface area contributed by atoms with E-state index < -0.39 is 0 Å². The third-order valence-electron chi connectivity index (χ3n) is 5.05. The number of allylic oxidation sites excluding steroid dienone is 1. The molecule has 2 aliphatic rings. The Balaban J connectivity index is 1.80. The molecule has 1 amide bonds. The summed E-state index contributed by atoms with van der Waals surface area (Å²) < 4.78 is 5.09. The first kappa shape index (κ1) is 15.4. The molecule has 4 nitrogen and oxygen atoms in total. The Hall–Kier alpha value is -1.52. The molecule has 1 heterocycles. The number of halogens is 1. The highest BCUT2D eigenvalue weighted by Gasteiger charge is 2.69. The molecule has 0 aromatic heterocycles. The fourth-order valence-corrected chi connectivity index (χ4v) is 3.94. The maximum Gasteiger partial charge on any atom is 0.414 e. The van der Waals surface area contributed by atoms with Crippen LogP contribution >= 0.6 is 11.6 Å². The number of carbonyl (C=O) groups is 1. The third-order valence-corrected chi connectivity index (χ3v) is 5.30. The van der Waals surface area contributed by atoms with Gasteiger partial charge in [0.2, 0.25) is 0 Å². The molecule has 2 unspecified atom stereocenters. The summed E-state index contributed by atoms with van der Waals surface area (Å²) in [4.78, 5) is 13.7. The highest BCUT2D eigenvalue weighted by atomic mass is 35.5. The van der Waals surface area contributed by atoms with E-state index in [0.29, 0.717) is 23.9 Å². The number of benzene rings is 1. The smallest absolute Gasteiger partial charge is 0.414 e. The van der Waals surface area contributed by atoms with Crippen LogP contribution in [-0.4, -0.2) is 35.8 Å². The van der Waals surface area contributed by atoms with Gasteiger partial charge in [0, 0.05) is 28.9 Å². The largest absolute Gasteiger partial charge is 0.416 e. The maximum atomic E-state index is 12.1. The summed E-state index contributed by atoms with van der Waals surface area (Å²) in [7, 11) is 0. The van der Waals surface area contributed by atoms with Crippen LogP contribution in [0, 0.1) is 5.41 Å². The van der Waals surface area contributed by atoms with Crippen LogP contribution in [0.3, 0.4) is 0 Å². The minimum atomic E-state index is -0.378. The molecule has 2 fully saturated rings. The molecule has 5 heteroatoms. The van der Waals surface area contributed by atoms with Gasteiger partial charge in [-0.15, -0.1) is 0 Å². The van der Waals surface area contributed by atoms with Crippen molar-refractivity contribution in [3.63, 3.8) is 0 Å². The average Bonchev–Trinajstić information content (AvgIpc) is 3.17. The quantitative estimate of drug-likeness (QED) is 0.869. The maximum absolute atomic E-state index is 12.1. The van der Waals surface area contributed by atoms with Crippen molar-refractivity contribution in [1.82, 2.24) is 4.90 Å². The van der Waals surface area contributed by atoms with E-state index in [1.54, 1.807) is 11.8 Å². The molecular weight excluding hydrogens is 302 g/mol. The fourth-order valence-electron chi connectivity index (χ4n) is 3.81. The Morgan fingerprint density at radius 3 is 2.73 bits per heavy atom. The Labute approximate surface area is 135 Å². The standard InChI is InChI=1S/C17H20ClNO3/c1-12(2)22-15(21)19-8-7-17(9-16(17,10-19)11-20)13-3-5-14(18)6-4-13/h3-6,20H,1,7-11H2,2H3. The van der Waals surface area contributed by atoms with Crippen LogP contribution < -0.4 is 0 Å². The molecule has 1 N–H and O–H groups in total. The number of nitrogens with zero attached hydrogens (tertiary/aromatic N) is 1. The van der Waals surface area contributed by atoms with Gasteiger partial charge in [-0.3, -0.25) is 0 Å². The fraction of sp³-hybridized carbons (Fsp3) is 0.471. The van der Waals surface area contributed by atoms with Gasteiger partial charge in [0.05, 0.1) is 12.4 Å². The normalized spacial score (nSPS) is 29.7. The van der Waals surface area contributed by atoms with Crippen molar-refractivity contribution in [3.8, 4) is 0 Å². The highest BCUT2D eigenvalue weighted by Crippen LogP contribution is 2.68. The van der Waals surface area contributed by atoms with Crippen LogP contribution in [0.2, 0.25) is 5.02 Å². The second-order valence-electron chi connectivity index (χ2n) is 6.45. The molecule has 0 radical (unpaired) electrons. The first-order valence-electron chi connectivity index (χ1n) is 7.42. The highest BCUT2D eigenvalue weighted by molar-refractivity contribution is 6.30. The van der Waals surface area contributed by atoms with Gasteiger partial charge in [0.15, 0.2) is 0 Å². The summed E-state index contributed by atoms with van der Waals surface area (Å²) in [5.74, 6) is 0.383. The van der Waals surface area contributed by atoms with E-state index in [9.17, 15) is 9.90 Å². The Kier molecular flexibility index (Phi) is 3.69. The number of likely N-dealkylation sites (tertiary alicyclic amines) is 1. The van der Waals surface area contributed by atoms with Gasteiger partial charge in [-0.05, 0) is 37.5 Å². The van der Waals surface area contributed by atoms with Gasteiger partial charge in [0.1, 0.15) is 0 Å². The Bertz CT molecular complexity index is 615. The van der Waals surface area contributed by atoms with E-state index >= 15 is 0 Å². The third kappa shape index (κ3) is 2.31. The molecule has 118 valence electrons. The number of aliphatic hydroxyl groups excluding tert-OH is 1. The number of hydrogen-bond acceptors (Lipinski definition) is 3. The van der Waals surface area contributed by atoms with Gasteiger partial charge in [-0.25, -0.2) is 4.79 Å². The molecule has 1 saturated heterocycles. The molecule has 3 rings (SSSR count). The van der Waals surface area contributed by atoms with Crippen molar-refractivity contribution in [1.29, 1.82) is 0 Å². The number of aliphatic hydroxyl groups is 1. The van der Waals surface area contributed by atoms with Crippen LogP contribution in [0.25, 0.3) is 0 Å². The second-order valence-corrected chi connectivity index (χ2v) is 6.88. The molecule has 2 atom stereocenters. The van der Waals surface area contributed by atoms with Gasteiger partial charge < -0.3 is 14.7 Å². The first-order chi connectivity index (χ1) is 10.4. The van der Waals surface area contributed by atoms with E-state index in [2.05, 4.69) is 6.58 Å².